The molecule has 2 bridgehead atoms. The first kappa shape index (κ1) is 19.2. The van der Waals surface area contributed by atoms with E-state index in [1.165, 1.54) is 12.5 Å². The summed E-state index contributed by atoms with van der Waals surface area (Å²) < 4.78 is 39.0. The van der Waals surface area contributed by atoms with Gasteiger partial charge in [0.15, 0.2) is 0 Å². The third-order valence-corrected chi connectivity index (χ3v) is 6.03. The van der Waals surface area contributed by atoms with Crippen molar-refractivity contribution >= 4 is 5.91 Å². The fourth-order valence-corrected chi connectivity index (χ4v) is 4.79. The van der Waals surface area contributed by atoms with Gasteiger partial charge in [-0.2, -0.15) is 13.2 Å². The van der Waals surface area contributed by atoms with Crippen LogP contribution in [0, 0.1) is 11.8 Å². The zero-order chi connectivity index (χ0) is 18.9. The third-order valence-electron chi connectivity index (χ3n) is 6.03. The number of fused-ring (bicyclic) bond motifs is 2. The number of amides is 1. The Labute approximate surface area is 152 Å². The molecule has 2 fully saturated rings. The fourth-order valence-electron chi connectivity index (χ4n) is 4.79. The lowest BCUT2D eigenvalue weighted by molar-refractivity contribution is -0.137. The van der Waals surface area contributed by atoms with E-state index in [2.05, 4.69) is 5.32 Å². The number of carbonyl (C=O) groups is 1. The summed E-state index contributed by atoms with van der Waals surface area (Å²) in [5, 5.41) is 3.17. The van der Waals surface area contributed by atoms with Crippen molar-refractivity contribution in [1.29, 1.82) is 0 Å². The minimum absolute atomic E-state index is 0.107. The van der Waals surface area contributed by atoms with Crippen LogP contribution in [0.3, 0.4) is 0 Å². The lowest BCUT2D eigenvalue weighted by Crippen LogP contribution is -2.54. The summed E-state index contributed by atoms with van der Waals surface area (Å²) in [4.78, 5) is 12.9. The molecule has 2 aliphatic carbocycles. The maximum Gasteiger partial charge on any atom is 0.416 e. The number of hydrogen-bond donors (Lipinski definition) is 2. The lowest BCUT2D eigenvalue weighted by atomic mass is 9.67. The van der Waals surface area contributed by atoms with Crippen LogP contribution >= 0.6 is 0 Å². The van der Waals surface area contributed by atoms with Gasteiger partial charge in [0, 0.05) is 12.1 Å². The Bertz CT molecular complexity index is 632. The average molecular weight is 368 g/mol. The van der Waals surface area contributed by atoms with Gasteiger partial charge in [0.1, 0.15) is 0 Å². The van der Waals surface area contributed by atoms with E-state index in [0.717, 1.165) is 37.8 Å². The van der Waals surface area contributed by atoms with E-state index in [0.29, 0.717) is 23.8 Å². The second-order valence-corrected chi connectivity index (χ2v) is 7.80. The van der Waals surface area contributed by atoms with E-state index in [1.807, 2.05) is 6.92 Å². The predicted molar refractivity (Wildman–Crippen MR) is 94.4 cm³/mol. The molecule has 2 aliphatic rings. The van der Waals surface area contributed by atoms with E-state index in [-0.39, 0.29) is 18.0 Å². The minimum atomic E-state index is -4.40. The highest BCUT2D eigenvalue weighted by Crippen LogP contribution is 2.40. The molecule has 3 atom stereocenters. The molecule has 0 spiro atoms. The Morgan fingerprint density at radius 1 is 1.27 bits per heavy atom. The van der Waals surface area contributed by atoms with Crippen molar-refractivity contribution < 1.29 is 18.0 Å². The molecule has 1 aromatic carbocycles. The Kier molecular flexibility index (Phi) is 5.61. The van der Waals surface area contributed by atoms with Crippen molar-refractivity contribution in [2.45, 2.75) is 69.6 Å². The molecular weight excluding hydrogens is 341 g/mol. The lowest BCUT2D eigenvalue weighted by Gasteiger charge is -2.45. The van der Waals surface area contributed by atoms with Crippen LogP contribution in [0.4, 0.5) is 13.2 Å². The molecule has 0 aliphatic heterocycles. The zero-order valence-corrected chi connectivity index (χ0v) is 15.1. The third kappa shape index (κ3) is 4.05. The molecule has 26 heavy (non-hydrogen) atoms. The molecule has 3 N–H and O–H groups in total. The molecule has 144 valence electrons. The number of halogens is 3. The topological polar surface area (TPSA) is 55.1 Å². The molecule has 1 amide bonds. The number of benzene rings is 1. The van der Waals surface area contributed by atoms with Gasteiger partial charge in [-0.05, 0) is 55.6 Å². The van der Waals surface area contributed by atoms with Crippen LogP contribution in [0.5, 0.6) is 0 Å². The minimum Gasteiger partial charge on any atom is -0.352 e. The highest BCUT2D eigenvalue weighted by atomic mass is 19.4. The molecule has 0 radical (unpaired) electrons. The molecule has 0 heterocycles. The highest BCUT2D eigenvalue weighted by Gasteiger charge is 2.40. The summed E-state index contributed by atoms with van der Waals surface area (Å²) in [5.74, 6) is 0.0544. The van der Waals surface area contributed by atoms with E-state index in [9.17, 15) is 18.0 Å². The van der Waals surface area contributed by atoms with Crippen molar-refractivity contribution in [2.24, 2.45) is 17.6 Å². The Balaban J connectivity index is 1.75. The van der Waals surface area contributed by atoms with Crippen molar-refractivity contribution in [2.75, 3.05) is 0 Å². The first-order chi connectivity index (χ1) is 12.3. The average Bonchev–Trinajstić information content (AvgIpc) is 2.56. The van der Waals surface area contributed by atoms with Gasteiger partial charge in [-0.1, -0.05) is 31.5 Å². The fraction of sp³-hybridized carbons (Fsp3) is 0.650. The Hall–Kier alpha value is -1.56. The maximum atomic E-state index is 13.0. The van der Waals surface area contributed by atoms with Gasteiger partial charge in [0.2, 0.25) is 5.91 Å². The zero-order valence-electron chi connectivity index (χ0n) is 15.1. The van der Waals surface area contributed by atoms with Crippen LogP contribution in [0.2, 0.25) is 0 Å². The normalized spacial score (nSPS) is 29.9. The van der Waals surface area contributed by atoms with Gasteiger partial charge >= 0.3 is 6.18 Å². The second kappa shape index (κ2) is 7.59. The number of nitrogens with two attached hydrogens (primary N) is 1. The Morgan fingerprint density at radius 2 is 1.92 bits per heavy atom. The second-order valence-electron chi connectivity index (χ2n) is 7.80. The molecule has 3 nitrogen and oxygen atoms in total. The number of hydrogen-bond acceptors (Lipinski definition) is 2. The molecule has 3 unspecified atom stereocenters. The molecule has 3 rings (SSSR count). The van der Waals surface area contributed by atoms with E-state index < -0.39 is 17.7 Å². The first-order valence-electron chi connectivity index (χ1n) is 9.52. The number of carbonyl (C=O) groups excluding carboxylic acids is 1. The molecule has 0 aromatic heterocycles. The summed E-state index contributed by atoms with van der Waals surface area (Å²) in [5.41, 5.74) is 5.85. The van der Waals surface area contributed by atoms with Crippen molar-refractivity contribution in [3.63, 3.8) is 0 Å². The van der Waals surface area contributed by atoms with Crippen LogP contribution in [0.25, 0.3) is 0 Å². The molecule has 2 saturated carbocycles. The molecule has 1 aromatic rings. The quantitative estimate of drug-likeness (QED) is 0.836. The van der Waals surface area contributed by atoms with Gasteiger partial charge in [0.25, 0.3) is 0 Å². The standard InChI is InChI=1S/C20H27F3N2O/c1-2-17(12-5-4-8-15(9-12)20(21,22)23)19(26)25-18-13-6-3-7-14(18)11-16(24)10-13/h4-5,8-9,13-14,16-18H,2-3,6-7,10-11,24H2,1H3,(H,25,26). The van der Waals surface area contributed by atoms with Crippen molar-refractivity contribution in [1.82, 2.24) is 5.32 Å². The van der Waals surface area contributed by atoms with Gasteiger partial charge < -0.3 is 11.1 Å². The van der Waals surface area contributed by atoms with Crippen LogP contribution in [-0.4, -0.2) is 18.0 Å². The van der Waals surface area contributed by atoms with Crippen LogP contribution in [-0.2, 0) is 11.0 Å². The number of alkyl halides is 3. The van der Waals surface area contributed by atoms with E-state index in [4.69, 9.17) is 5.73 Å². The summed E-state index contributed by atoms with van der Waals surface area (Å²) in [6, 6.07) is 5.44. The largest absolute Gasteiger partial charge is 0.416 e. The van der Waals surface area contributed by atoms with Crippen LogP contribution < -0.4 is 11.1 Å². The molecular formula is C20H27F3N2O. The van der Waals surface area contributed by atoms with Gasteiger partial charge in [-0.15, -0.1) is 0 Å². The van der Waals surface area contributed by atoms with Gasteiger partial charge in [-0.25, -0.2) is 0 Å². The summed E-state index contributed by atoms with van der Waals surface area (Å²) in [7, 11) is 0. The van der Waals surface area contributed by atoms with Crippen molar-refractivity contribution in [3.05, 3.63) is 35.4 Å². The summed E-state index contributed by atoms with van der Waals surface area (Å²) >= 11 is 0. The number of nitrogens with one attached hydrogen (secondary N) is 1. The van der Waals surface area contributed by atoms with Crippen molar-refractivity contribution in [3.8, 4) is 0 Å². The monoisotopic (exact) mass is 368 g/mol. The Morgan fingerprint density at radius 3 is 2.50 bits per heavy atom. The SMILES string of the molecule is CCC(C(=O)NC1C2CCCC1CC(N)C2)c1cccc(C(F)(F)F)c1. The number of rotatable bonds is 4. The maximum absolute atomic E-state index is 13.0. The smallest absolute Gasteiger partial charge is 0.352 e. The first-order valence-corrected chi connectivity index (χ1v) is 9.52. The van der Waals surface area contributed by atoms with Crippen LogP contribution in [0.1, 0.15) is 62.5 Å². The predicted octanol–water partition coefficient (Wildman–Crippen LogP) is 4.22. The summed E-state index contributed by atoms with van der Waals surface area (Å²) in [6.07, 6.45) is 1.20. The summed E-state index contributed by atoms with van der Waals surface area (Å²) in [6.45, 7) is 1.84. The van der Waals surface area contributed by atoms with E-state index in [1.54, 1.807) is 6.07 Å². The molecule has 6 heteroatoms. The molecule has 0 saturated heterocycles. The van der Waals surface area contributed by atoms with Gasteiger partial charge in [0.05, 0.1) is 11.5 Å². The van der Waals surface area contributed by atoms with Gasteiger partial charge in [-0.3, -0.25) is 4.79 Å². The van der Waals surface area contributed by atoms with E-state index >= 15 is 0 Å². The highest BCUT2D eigenvalue weighted by molar-refractivity contribution is 5.84. The van der Waals surface area contributed by atoms with Crippen LogP contribution in [0.15, 0.2) is 24.3 Å².